The molecule has 1 aromatic heterocycles. The lowest BCUT2D eigenvalue weighted by Crippen LogP contribution is -2.13. The molecule has 1 aromatic carbocycles. The Hall–Kier alpha value is -2.43. The largest absolute Gasteiger partial charge is 0.368 e. The van der Waals surface area contributed by atoms with Gasteiger partial charge >= 0.3 is 0 Å². The first kappa shape index (κ1) is 13.0. The summed E-state index contributed by atoms with van der Waals surface area (Å²) in [6, 6.07) is 9.21. The third kappa shape index (κ3) is 2.88. The Kier molecular flexibility index (Phi) is 3.46. The van der Waals surface area contributed by atoms with E-state index in [0.29, 0.717) is 5.56 Å². The minimum absolute atomic E-state index is 0.0522. The fraction of sp³-hybridized carbons (Fsp3) is 0.214. The molecule has 0 aliphatic heterocycles. The van der Waals surface area contributed by atoms with Crippen LogP contribution in [0, 0.1) is 6.92 Å². The number of carbonyl (C=O) groups is 1. The molecule has 1 heterocycles. The van der Waals surface area contributed by atoms with Gasteiger partial charge in [0.05, 0.1) is 0 Å². The van der Waals surface area contributed by atoms with Gasteiger partial charge in [-0.05, 0) is 38.1 Å². The van der Waals surface area contributed by atoms with Gasteiger partial charge < -0.3 is 10.6 Å². The maximum Gasteiger partial charge on any atom is 0.222 e. The van der Waals surface area contributed by atoms with Crippen LogP contribution in [0.25, 0.3) is 0 Å². The number of nitrogens with two attached hydrogens (primary N) is 1. The van der Waals surface area contributed by atoms with Crippen LogP contribution in [-0.4, -0.2) is 22.8 Å². The highest BCUT2D eigenvalue weighted by Crippen LogP contribution is 2.23. The van der Waals surface area contributed by atoms with E-state index in [1.807, 2.05) is 37.1 Å². The van der Waals surface area contributed by atoms with E-state index in [-0.39, 0.29) is 11.7 Å². The van der Waals surface area contributed by atoms with Crippen LogP contribution < -0.4 is 10.6 Å². The Morgan fingerprint density at radius 2 is 1.84 bits per heavy atom. The third-order valence-corrected chi connectivity index (χ3v) is 2.86. The molecule has 5 nitrogen and oxygen atoms in total. The molecular formula is C14H16N4O. The lowest BCUT2D eigenvalue weighted by atomic mass is 10.1. The fourth-order valence-electron chi connectivity index (χ4n) is 1.80. The molecule has 0 amide bonds. The molecule has 0 bridgehead atoms. The van der Waals surface area contributed by atoms with E-state index in [2.05, 4.69) is 9.97 Å². The Labute approximate surface area is 112 Å². The Morgan fingerprint density at radius 1 is 1.21 bits per heavy atom. The van der Waals surface area contributed by atoms with E-state index in [9.17, 15) is 4.79 Å². The van der Waals surface area contributed by atoms with Crippen LogP contribution in [0.2, 0.25) is 0 Å². The Morgan fingerprint density at radius 3 is 2.37 bits per heavy atom. The quantitative estimate of drug-likeness (QED) is 0.853. The summed E-state index contributed by atoms with van der Waals surface area (Å²) in [7, 11) is 1.89. The first-order valence-electron chi connectivity index (χ1n) is 5.93. The molecule has 0 spiro atoms. The number of ketones is 1. The number of benzene rings is 1. The maximum absolute atomic E-state index is 11.2. The van der Waals surface area contributed by atoms with E-state index >= 15 is 0 Å². The monoisotopic (exact) mass is 256 g/mol. The fourth-order valence-corrected chi connectivity index (χ4v) is 1.80. The Bertz CT molecular complexity index is 587. The number of hydrogen-bond donors (Lipinski definition) is 1. The van der Waals surface area contributed by atoms with Gasteiger partial charge in [-0.1, -0.05) is 0 Å². The molecule has 0 atom stereocenters. The van der Waals surface area contributed by atoms with Crippen molar-refractivity contribution in [3.05, 3.63) is 41.6 Å². The molecule has 2 N–H and O–H groups in total. The van der Waals surface area contributed by atoms with E-state index in [4.69, 9.17) is 5.73 Å². The van der Waals surface area contributed by atoms with Crippen molar-refractivity contribution in [2.75, 3.05) is 17.7 Å². The number of nitrogen functional groups attached to an aromatic ring is 1. The second-order valence-electron chi connectivity index (χ2n) is 4.39. The number of carbonyl (C=O) groups excluding carboxylic acids is 1. The van der Waals surface area contributed by atoms with Gasteiger partial charge in [-0.25, -0.2) is 4.98 Å². The van der Waals surface area contributed by atoms with E-state index < -0.39 is 0 Å². The average Bonchev–Trinajstić information content (AvgIpc) is 2.37. The topological polar surface area (TPSA) is 72.1 Å². The zero-order chi connectivity index (χ0) is 14.0. The van der Waals surface area contributed by atoms with Crippen molar-refractivity contribution in [2.45, 2.75) is 13.8 Å². The zero-order valence-electron chi connectivity index (χ0n) is 11.2. The van der Waals surface area contributed by atoms with Crippen LogP contribution >= 0.6 is 0 Å². The first-order chi connectivity index (χ1) is 8.97. The highest BCUT2D eigenvalue weighted by molar-refractivity contribution is 5.94. The minimum atomic E-state index is 0.0522. The summed E-state index contributed by atoms with van der Waals surface area (Å²) in [4.78, 5) is 21.4. The van der Waals surface area contributed by atoms with Crippen molar-refractivity contribution in [1.29, 1.82) is 0 Å². The number of nitrogens with zero attached hydrogens (tertiary/aromatic N) is 3. The second kappa shape index (κ2) is 5.06. The van der Waals surface area contributed by atoms with Gasteiger partial charge in [-0.15, -0.1) is 0 Å². The van der Waals surface area contributed by atoms with Crippen molar-refractivity contribution in [3.8, 4) is 0 Å². The molecule has 0 unspecified atom stereocenters. The van der Waals surface area contributed by atoms with Gasteiger partial charge in [0, 0.05) is 30.1 Å². The first-order valence-corrected chi connectivity index (χ1v) is 5.93. The van der Waals surface area contributed by atoms with Crippen molar-refractivity contribution in [1.82, 2.24) is 9.97 Å². The summed E-state index contributed by atoms with van der Waals surface area (Å²) in [5, 5.41) is 0. The normalized spacial score (nSPS) is 10.3. The van der Waals surface area contributed by atoms with Crippen LogP contribution in [0.5, 0.6) is 0 Å². The minimum Gasteiger partial charge on any atom is -0.368 e. The van der Waals surface area contributed by atoms with Crippen molar-refractivity contribution < 1.29 is 4.79 Å². The predicted octanol–water partition coefficient (Wildman–Crippen LogP) is 2.34. The molecule has 5 heteroatoms. The van der Waals surface area contributed by atoms with Gasteiger partial charge in [0.2, 0.25) is 5.95 Å². The average molecular weight is 256 g/mol. The number of rotatable bonds is 3. The lowest BCUT2D eigenvalue weighted by Gasteiger charge is -2.19. The van der Waals surface area contributed by atoms with Crippen molar-refractivity contribution in [2.24, 2.45) is 0 Å². The molecule has 0 aliphatic rings. The molecule has 19 heavy (non-hydrogen) atoms. The molecule has 2 aromatic rings. The summed E-state index contributed by atoms with van der Waals surface area (Å²) >= 11 is 0. The highest BCUT2D eigenvalue weighted by Gasteiger charge is 2.08. The number of hydrogen-bond acceptors (Lipinski definition) is 5. The molecular weight excluding hydrogens is 240 g/mol. The van der Waals surface area contributed by atoms with Crippen LogP contribution in [0.1, 0.15) is 23.0 Å². The summed E-state index contributed by atoms with van der Waals surface area (Å²) < 4.78 is 0. The highest BCUT2D eigenvalue weighted by atomic mass is 16.1. The van der Waals surface area contributed by atoms with Crippen LogP contribution in [-0.2, 0) is 0 Å². The lowest BCUT2D eigenvalue weighted by molar-refractivity contribution is 0.101. The van der Waals surface area contributed by atoms with Crippen LogP contribution in [0.4, 0.5) is 17.5 Å². The molecule has 0 radical (unpaired) electrons. The molecule has 2 rings (SSSR count). The second-order valence-corrected chi connectivity index (χ2v) is 4.39. The molecule has 0 saturated carbocycles. The van der Waals surface area contributed by atoms with Crippen LogP contribution in [0.15, 0.2) is 30.3 Å². The van der Waals surface area contributed by atoms with Gasteiger partial charge in [0.1, 0.15) is 5.82 Å². The summed E-state index contributed by atoms with van der Waals surface area (Å²) in [6.07, 6.45) is 0. The van der Waals surface area contributed by atoms with E-state index in [1.54, 1.807) is 19.1 Å². The number of aromatic nitrogens is 2. The van der Waals surface area contributed by atoms with Crippen molar-refractivity contribution in [3.63, 3.8) is 0 Å². The molecule has 0 aliphatic carbocycles. The Balaban J connectivity index is 2.32. The van der Waals surface area contributed by atoms with E-state index in [1.165, 1.54) is 0 Å². The molecule has 0 saturated heterocycles. The van der Waals surface area contributed by atoms with Crippen molar-refractivity contribution >= 4 is 23.2 Å². The number of Topliss-reactive ketones (excluding diaryl/α,β-unsaturated/α-hetero) is 1. The van der Waals surface area contributed by atoms with Gasteiger partial charge in [-0.3, -0.25) is 4.79 Å². The number of aryl methyl sites for hydroxylation is 1. The van der Waals surface area contributed by atoms with Gasteiger partial charge in [0.15, 0.2) is 5.78 Å². The summed E-state index contributed by atoms with van der Waals surface area (Å²) in [5.74, 6) is 1.03. The van der Waals surface area contributed by atoms with E-state index in [0.717, 1.165) is 17.2 Å². The smallest absolute Gasteiger partial charge is 0.222 e. The van der Waals surface area contributed by atoms with Gasteiger partial charge in [0.25, 0.3) is 0 Å². The summed E-state index contributed by atoms with van der Waals surface area (Å²) in [6.45, 7) is 3.42. The standard InChI is InChI=1S/C14H16N4O/c1-9-8-13(17-14(15)16-9)18(3)12-6-4-11(5-7-12)10(2)19/h4-8H,1-3H3,(H2,15,16,17). The van der Waals surface area contributed by atoms with Crippen LogP contribution in [0.3, 0.4) is 0 Å². The number of anilines is 3. The maximum atomic E-state index is 11.2. The van der Waals surface area contributed by atoms with Gasteiger partial charge in [-0.2, -0.15) is 4.98 Å². The molecule has 98 valence electrons. The molecule has 0 fully saturated rings. The SMILES string of the molecule is CC(=O)c1ccc(N(C)c2cc(C)nc(N)n2)cc1. The predicted molar refractivity (Wildman–Crippen MR) is 75.7 cm³/mol. The zero-order valence-corrected chi connectivity index (χ0v) is 11.2. The summed E-state index contributed by atoms with van der Waals surface area (Å²) in [5.41, 5.74) is 8.08. The third-order valence-electron chi connectivity index (χ3n) is 2.86.